The maximum absolute atomic E-state index is 12.9. The molecule has 1 aromatic heterocycles. The number of carbonyl (C=O) groups is 1. The molecule has 1 saturated heterocycles. The predicted molar refractivity (Wildman–Crippen MR) is 144 cm³/mol. The molecule has 3 N–H and O–H groups in total. The van der Waals surface area contributed by atoms with Gasteiger partial charge in [0.1, 0.15) is 5.82 Å². The van der Waals surface area contributed by atoms with Crippen molar-refractivity contribution in [2.45, 2.75) is 26.0 Å². The number of anilines is 1. The highest BCUT2D eigenvalue weighted by Gasteiger charge is 2.17. The van der Waals surface area contributed by atoms with E-state index in [2.05, 4.69) is 44.3 Å². The van der Waals surface area contributed by atoms with Crippen LogP contribution in [0.3, 0.4) is 0 Å². The Hall–Kier alpha value is -3.52. The van der Waals surface area contributed by atoms with Crippen LogP contribution in [-0.2, 0) is 12.1 Å². The number of amides is 1. The molecule has 186 valence electrons. The number of nitrogens with zero attached hydrogens (tertiary/aromatic N) is 3. The Labute approximate surface area is 211 Å². The lowest BCUT2D eigenvalue weighted by atomic mass is 9.97. The van der Waals surface area contributed by atoms with E-state index in [1.807, 2.05) is 48.5 Å². The lowest BCUT2D eigenvalue weighted by Gasteiger charge is -2.32. The number of piperazine rings is 1. The normalized spacial score (nSPS) is 15.3. The van der Waals surface area contributed by atoms with Crippen LogP contribution in [0.15, 0.2) is 66.7 Å². The van der Waals surface area contributed by atoms with E-state index >= 15 is 0 Å². The number of H-pyrrole nitrogens is 1. The highest BCUT2D eigenvalue weighted by atomic mass is 16.3. The van der Waals surface area contributed by atoms with Gasteiger partial charge in [-0.15, -0.1) is 0 Å². The summed E-state index contributed by atoms with van der Waals surface area (Å²) in [4.78, 5) is 25.7. The zero-order valence-corrected chi connectivity index (χ0v) is 21.1. The van der Waals surface area contributed by atoms with Gasteiger partial charge in [-0.2, -0.15) is 0 Å². The molecule has 0 saturated carbocycles. The molecular weight excluding hydrogens is 450 g/mol. The second kappa shape index (κ2) is 9.85. The Morgan fingerprint density at radius 1 is 1.00 bits per heavy atom. The summed E-state index contributed by atoms with van der Waals surface area (Å²) in [6, 6.07) is 21.3. The second-order valence-corrected chi connectivity index (χ2v) is 10.2. The van der Waals surface area contributed by atoms with E-state index in [0.717, 1.165) is 66.4 Å². The molecule has 0 bridgehead atoms. The molecule has 5 rings (SSSR count). The molecule has 36 heavy (non-hydrogen) atoms. The highest BCUT2D eigenvalue weighted by molar-refractivity contribution is 6.06. The first-order chi connectivity index (χ1) is 17.2. The van der Waals surface area contributed by atoms with Crippen molar-refractivity contribution in [2.24, 2.45) is 0 Å². The third kappa shape index (κ3) is 5.49. The molecule has 0 atom stereocenters. The summed E-state index contributed by atoms with van der Waals surface area (Å²) in [5.74, 6) is 0.565. The van der Waals surface area contributed by atoms with Crippen molar-refractivity contribution < 1.29 is 9.90 Å². The molecule has 3 aromatic carbocycles. The summed E-state index contributed by atoms with van der Waals surface area (Å²) in [5, 5.41) is 13.2. The summed E-state index contributed by atoms with van der Waals surface area (Å²) in [6.07, 6.45) is 0. The standard InChI is InChI=1S/C29H33N5O2/c1-29(2,36)23-9-6-21(7-10-23)27-31-25-13-8-22(18-26(25)32-27)28(35)30-24-11-4-20(5-12-24)19-34-16-14-33(3)15-17-34/h4-13,18,36H,14-17,19H2,1-3H3,(H,30,35)(H,31,32). The molecule has 1 amide bonds. The summed E-state index contributed by atoms with van der Waals surface area (Å²) in [7, 11) is 2.16. The minimum absolute atomic E-state index is 0.158. The van der Waals surface area contributed by atoms with E-state index < -0.39 is 5.60 Å². The molecule has 7 heteroatoms. The van der Waals surface area contributed by atoms with Gasteiger partial charge in [0.15, 0.2) is 0 Å². The number of benzene rings is 3. The molecule has 4 aromatic rings. The highest BCUT2D eigenvalue weighted by Crippen LogP contribution is 2.25. The van der Waals surface area contributed by atoms with Gasteiger partial charge in [-0.25, -0.2) is 4.98 Å². The number of fused-ring (bicyclic) bond motifs is 1. The van der Waals surface area contributed by atoms with Gasteiger partial charge in [-0.3, -0.25) is 9.69 Å². The monoisotopic (exact) mass is 483 g/mol. The number of nitrogens with one attached hydrogen (secondary N) is 2. The summed E-state index contributed by atoms with van der Waals surface area (Å²) < 4.78 is 0. The van der Waals surface area contributed by atoms with E-state index in [1.54, 1.807) is 19.9 Å². The Balaban J connectivity index is 1.25. The van der Waals surface area contributed by atoms with Crippen LogP contribution < -0.4 is 5.32 Å². The maximum Gasteiger partial charge on any atom is 0.255 e. The number of aromatic amines is 1. The number of hydrogen-bond donors (Lipinski definition) is 3. The van der Waals surface area contributed by atoms with Gasteiger partial charge in [-0.05, 0) is 62.4 Å². The van der Waals surface area contributed by atoms with Crippen LogP contribution in [0.4, 0.5) is 5.69 Å². The van der Waals surface area contributed by atoms with E-state index in [1.165, 1.54) is 5.56 Å². The minimum atomic E-state index is -0.889. The lowest BCUT2D eigenvalue weighted by Crippen LogP contribution is -2.43. The molecular formula is C29H33N5O2. The van der Waals surface area contributed by atoms with E-state index in [0.29, 0.717) is 5.56 Å². The topological polar surface area (TPSA) is 84.5 Å². The van der Waals surface area contributed by atoms with Crippen LogP contribution in [0.2, 0.25) is 0 Å². The number of likely N-dealkylation sites (N-methyl/N-ethyl adjacent to an activating group) is 1. The molecule has 0 aliphatic carbocycles. The van der Waals surface area contributed by atoms with Crippen LogP contribution >= 0.6 is 0 Å². The Bertz CT molecular complexity index is 1350. The summed E-state index contributed by atoms with van der Waals surface area (Å²) in [5.41, 5.74) is 5.05. The van der Waals surface area contributed by atoms with Crippen LogP contribution in [-0.4, -0.2) is 64.0 Å². The second-order valence-electron chi connectivity index (χ2n) is 10.2. The number of carbonyl (C=O) groups excluding carboxylic acids is 1. The van der Waals surface area contributed by atoms with Crippen molar-refractivity contribution in [1.29, 1.82) is 0 Å². The van der Waals surface area contributed by atoms with Crippen molar-refractivity contribution in [3.63, 3.8) is 0 Å². The molecule has 1 aliphatic heterocycles. The van der Waals surface area contributed by atoms with Crippen molar-refractivity contribution >= 4 is 22.6 Å². The first-order valence-corrected chi connectivity index (χ1v) is 12.4. The Morgan fingerprint density at radius 2 is 1.69 bits per heavy atom. The first kappa shape index (κ1) is 24.2. The molecule has 7 nitrogen and oxygen atoms in total. The zero-order valence-electron chi connectivity index (χ0n) is 21.1. The number of rotatable bonds is 6. The third-order valence-electron chi connectivity index (χ3n) is 6.82. The largest absolute Gasteiger partial charge is 0.386 e. The summed E-state index contributed by atoms with van der Waals surface area (Å²) in [6.45, 7) is 8.83. The van der Waals surface area contributed by atoms with E-state index in [9.17, 15) is 9.90 Å². The van der Waals surface area contributed by atoms with Gasteiger partial charge in [0.2, 0.25) is 0 Å². The van der Waals surface area contributed by atoms with E-state index in [4.69, 9.17) is 0 Å². The summed E-state index contributed by atoms with van der Waals surface area (Å²) >= 11 is 0. The number of aliphatic hydroxyl groups is 1. The van der Waals surface area contributed by atoms with Crippen LogP contribution in [0.25, 0.3) is 22.4 Å². The van der Waals surface area contributed by atoms with Crippen LogP contribution in [0.5, 0.6) is 0 Å². The smallest absolute Gasteiger partial charge is 0.255 e. The lowest BCUT2D eigenvalue weighted by molar-refractivity contribution is 0.0786. The Kier molecular flexibility index (Phi) is 6.62. The van der Waals surface area contributed by atoms with Gasteiger partial charge < -0.3 is 20.3 Å². The van der Waals surface area contributed by atoms with Gasteiger partial charge in [0.05, 0.1) is 16.6 Å². The van der Waals surface area contributed by atoms with Crippen LogP contribution in [0, 0.1) is 0 Å². The predicted octanol–water partition coefficient (Wildman–Crippen LogP) is 4.46. The fraction of sp³-hybridized carbons (Fsp3) is 0.310. The number of hydrogen-bond acceptors (Lipinski definition) is 5. The average molecular weight is 484 g/mol. The molecule has 1 aliphatic rings. The van der Waals surface area contributed by atoms with Gasteiger partial charge in [0, 0.05) is 49.5 Å². The number of aromatic nitrogens is 2. The van der Waals surface area contributed by atoms with Gasteiger partial charge in [-0.1, -0.05) is 36.4 Å². The molecule has 2 heterocycles. The minimum Gasteiger partial charge on any atom is -0.386 e. The van der Waals surface area contributed by atoms with Crippen molar-refractivity contribution in [3.8, 4) is 11.4 Å². The number of imidazole rings is 1. The molecule has 0 unspecified atom stereocenters. The van der Waals surface area contributed by atoms with Gasteiger partial charge in [0.25, 0.3) is 5.91 Å². The first-order valence-electron chi connectivity index (χ1n) is 12.4. The van der Waals surface area contributed by atoms with Crippen molar-refractivity contribution in [1.82, 2.24) is 19.8 Å². The van der Waals surface area contributed by atoms with Crippen LogP contribution in [0.1, 0.15) is 35.3 Å². The fourth-order valence-electron chi connectivity index (χ4n) is 4.48. The van der Waals surface area contributed by atoms with Crippen molar-refractivity contribution in [2.75, 3.05) is 38.5 Å². The molecule has 0 radical (unpaired) electrons. The maximum atomic E-state index is 12.9. The quantitative estimate of drug-likeness (QED) is 0.377. The zero-order chi connectivity index (χ0) is 25.3. The van der Waals surface area contributed by atoms with Gasteiger partial charge >= 0.3 is 0 Å². The van der Waals surface area contributed by atoms with E-state index in [-0.39, 0.29) is 5.91 Å². The van der Waals surface area contributed by atoms with Crippen molar-refractivity contribution in [3.05, 3.63) is 83.4 Å². The third-order valence-corrected chi connectivity index (χ3v) is 6.82. The fourth-order valence-corrected chi connectivity index (χ4v) is 4.48. The SMILES string of the molecule is CN1CCN(Cc2ccc(NC(=O)c3ccc4nc(-c5ccc(C(C)(C)O)cc5)[nH]c4c3)cc2)CC1. The molecule has 0 spiro atoms. The average Bonchev–Trinajstić information content (AvgIpc) is 3.30. The molecule has 1 fully saturated rings. The Morgan fingerprint density at radius 3 is 2.36 bits per heavy atom.